The van der Waals surface area contributed by atoms with Crippen molar-refractivity contribution in [3.63, 3.8) is 0 Å². The quantitative estimate of drug-likeness (QED) is 0.598. The van der Waals surface area contributed by atoms with Gasteiger partial charge in [0.2, 0.25) is 0 Å². The highest BCUT2D eigenvalue weighted by atomic mass is 16.6. The Balaban J connectivity index is 3.21. The van der Waals surface area contributed by atoms with E-state index in [4.69, 9.17) is 14.6 Å². The van der Waals surface area contributed by atoms with Gasteiger partial charge in [-0.15, -0.1) is 0 Å². The number of benzene rings is 1. The van der Waals surface area contributed by atoms with E-state index < -0.39 is 10.9 Å². The van der Waals surface area contributed by atoms with Crippen LogP contribution in [-0.4, -0.2) is 43.8 Å². The van der Waals surface area contributed by atoms with E-state index in [-0.39, 0.29) is 30.1 Å². The topological polar surface area (TPSA) is 102 Å². The molecule has 0 saturated heterocycles. The minimum absolute atomic E-state index is 0.123. The zero-order chi connectivity index (χ0) is 15.3. The van der Waals surface area contributed by atoms with Crippen LogP contribution in [0.5, 0.6) is 11.5 Å². The number of carboxylic acids is 1. The summed E-state index contributed by atoms with van der Waals surface area (Å²) in [6, 6.07) is 2.71. The van der Waals surface area contributed by atoms with Crippen molar-refractivity contribution in [2.24, 2.45) is 0 Å². The number of rotatable bonds is 7. The molecule has 0 heterocycles. The maximum atomic E-state index is 11.1. The highest BCUT2D eigenvalue weighted by Gasteiger charge is 2.22. The molecule has 1 N–H and O–H groups in total. The minimum atomic E-state index is -0.972. The summed E-state index contributed by atoms with van der Waals surface area (Å²) in [5.74, 6) is -0.384. The molecule has 0 spiro atoms. The van der Waals surface area contributed by atoms with Crippen LogP contribution in [0.1, 0.15) is 6.42 Å². The normalized spacial score (nSPS) is 9.95. The summed E-state index contributed by atoms with van der Waals surface area (Å²) in [6.45, 7) is 0.145. The van der Waals surface area contributed by atoms with E-state index in [0.717, 1.165) is 0 Å². The van der Waals surface area contributed by atoms with Crippen molar-refractivity contribution in [3.05, 3.63) is 22.2 Å². The van der Waals surface area contributed by atoms with Gasteiger partial charge in [0.25, 0.3) is 5.69 Å². The van der Waals surface area contributed by atoms with Gasteiger partial charge in [-0.1, -0.05) is 0 Å². The summed E-state index contributed by atoms with van der Waals surface area (Å²) >= 11 is 0. The summed E-state index contributed by atoms with van der Waals surface area (Å²) in [5, 5.41) is 19.8. The van der Waals surface area contributed by atoms with Crippen molar-refractivity contribution in [1.29, 1.82) is 0 Å². The molecule has 8 nitrogen and oxygen atoms in total. The lowest BCUT2D eigenvalue weighted by molar-refractivity contribution is -0.384. The second-order valence-electron chi connectivity index (χ2n) is 4.02. The molecule has 1 aromatic carbocycles. The summed E-state index contributed by atoms with van der Waals surface area (Å²) in [5.41, 5.74) is 0.101. The highest BCUT2D eigenvalue weighted by Crippen LogP contribution is 2.39. The predicted molar refractivity (Wildman–Crippen MR) is 71.7 cm³/mol. The summed E-state index contributed by atoms with van der Waals surface area (Å²) in [7, 11) is 4.39. The van der Waals surface area contributed by atoms with Gasteiger partial charge < -0.3 is 19.5 Å². The van der Waals surface area contributed by atoms with Crippen LogP contribution in [0.4, 0.5) is 11.4 Å². The number of hydrogen-bond donors (Lipinski definition) is 1. The fourth-order valence-corrected chi connectivity index (χ4v) is 1.69. The van der Waals surface area contributed by atoms with Gasteiger partial charge in [0, 0.05) is 19.7 Å². The predicted octanol–water partition coefficient (Wildman–Crippen LogP) is 1.52. The van der Waals surface area contributed by atoms with Crippen molar-refractivity contribution in [1.82, 2.24) is 0 Å². The lowest BCUT2D eigenvalue weighted by Gasteiger charge is -2.19. The standard InChI is InChI=1S/C12H16N2O6/c1-13(5-4-12(15)16)8-6-10(19-2)11(20-3)7-9(8)14(17)18/h6-7H,4-5H2,1-3H3,(H,15,16). The maximum absolute atomic E-state index is 11.1. The molecule has 20 heavy (non-hydrogen) atoms. The van der Waals surface area contributed by atoms with Gasteiger partial charge >= 0.3 is 5.97 Å². The first-order valence-corrected chi connectivity index (χ1v) is 5.74. The number of nitrogens with zero attached hydrogens (tertiary/aromatic N) is 2. The number of methoxy groups -OCH3 is 2. The Labute approximate surface area is 115 Å². The number of ether oxygens (including phenoxy) is 2. The van der Waals surface area contributed by atoms with Crippen LogP contribution >= 0.6 is 0 Å². The molecular formula is C12H16N2O6. The fraction of sp³-hybridized carbons (Fsp3) is 0.417. The van der Waals surface area contributed by atoms with Crippen LogP contribution in [-0.2, 0) is 4.79 Å². The largest absolute Gasteiger partial charge is 0.493 e. The van der Waals surface area contributed by atoms with E-state index in [0.29, 0.717) is 5.75 Å². The lowest BCUT2D eigenvalue weighted by atomic mass is 10.2. The van der Waals surface area contributed by atoms with Crippen molar-refractivity contribution in [2.45, 2.75) is 6.42 Å². The molecule has 0 amide bonds. The van der Waals surface area contributed by atoms with E-state index in [1.165, 1.54) is 31.3 Å². The van der Waals surface area contributed by atoms with E-state index >= 15 is 0 Å². The summed E-state index contributed by atoms with van der Waals surface area (Å²) in [6.07, 6.45) is -0.123. The number of carbonyl (C=O) groups is 1. The smallest absolute Gasteiger partial charge is 0.305 e. The Bertz CT molecular complexity index is 517. The summed E-state index contributed by atoms with van der Waals surface area (Å²) < 4.78 is 10.1. The first-order chi connectivity index (χ1) is 9.40. The molecule has 1 rings (SSSR count). The molecule has 0 fully saturated rings. The van der Waals surface area contributed by atoms with Crippen LogP contribution in [0, 0.1) is 10.1 Å². The molecule has 0 atom stereocenters. The van der Waals surface area contributed by atoms with Gasteiger partial charge in [-0.2, -0.15) is 0 Å². The number of nitro benzene ring substituents is 1. The Hall–Kier alpha value is -2.51. The van der Waals surface area contributed by atoms with Crippen LogP contribution in [0.2, 0.25) is 0 Å². The van der Waals surface area contributed by atoms with E-state index in [1.807, 2.05) is 0 Å². The van der Waals surface area contributed by atoms with Crippen molar-refractivity contribution < 1.29 is 24.3 Å². The third-order valence-corrected chi connectivity index (χ3v) is 2.75. The molecule has 0 aliphatic heterocycles. The number of nitro groups is 1. The number of carboxylic acid groups (broad SMARTS) is 1. The Kier molecular flexibility index (Phi) is 5.13. The van der Waals surface area contributed by atoms with Gasteiger partial charge in [-0.05, 0) is 0 Å². The minimum Gasteiger partial charge on any atom is -0.493 e. The van der Waals surface area contributed by atoms with Crippen LogP contribution in [0.15, 0.2) is 12.1 Å². The molecule has 8 heteroatoms. The molecular weight excluding hydrogens is 268 g/mol. The molecule has 0 radical (unpaired) electrons. The Morgan fingerprint density at radius 2 is 1.90 bits per heavy atom. The molecule has 0 bridgehead atoms. The number of anilines is 1. The van der Waals surface area contributed by atoms with Crippen molar-refractivity contribution in [3.8, 4) is 11.5 Å². The van der Waals surface area contributed by atoms with Crippen LogP contribution in [0.3, 0.4) is 0 Å². The molecule has 0 aliphatic carbocycles. The van der Waals surface area contributed by atoms with Gasteiger partial charge in [0.1, 0.15) is 5.69 Å². The zero-order valence-electron chi connectivity index (χ0n) is 11.5. The SMILES string of the molecule is COc1cc(N(C)CCC(=O)O)c([N+](=O)[O-])cc1OC. The first kappa shape index (κ1) is 15.5. The van der Waals surface area contributed by atoms with Crippen molar-refractivity contribution >= 4 is 17.3 Å². The van der Waals surface area contributed by atoms with E-state index in [9.17, 15) is 14.9 Å². The number of hydrogen-bond acceptors (Lipinski definition) is 6. The van der Waals surface area contributed by atoms with Gasteiger partial charge in [0.05, 0.1) is 31.6 Å². The Morgan fingerprint density at radius 1 is 1.35 bits per heavy atom. The summed E-state index contributed by atoms with van der Waals surface area (Å²) in [4.78, 5) is 22.6. The maximum Gasteiger partial charge on any atom is 0.305 e. The second-order valence-corrected chi connectivity index (χ2v) is 4.02. The van der Waals surface area contributed by atoms with E-state index in [2.05, 4.69) is 0 Å². The zero-order valence-corrected chi connectivity index (χ0v) is 11.5. The van der Waals surface area contributed by atoms with Gasteiger partial charge in [-0.3, -0.25) is 14.9 Å². The average Bonchev–Trinajstić information content (AvgIpc) is 2.42. The highest BCUT2D eigenvalue weighted by molar-refractivity contribution is 5.71. The average molecular weight is 284 g/mol. The monoisotopic (exact) mass is 284 g/mol. The third kappa shape index (κ3) is 3.50. The molecule has 0 saturated carbocycles. The molecule has 0 aliphatic rings. The molecule has 0 aromatic heterocycles. The van der Waals surface area contributed by atoms with Gasteiger partial charge in [-0.25, -0.2) is 0 Å². The molecule has 110 valence electrons. The van der Waals surface area contributed by atoms with Crippen LogP contribution < -0.4 is 14.4 Å². The fourth-order valence-electron chi connectivity index (χ4n) is 1.69. The van der Waals surface area contributed by atoms with E-state index in [1.54, 1.807) is 7.05 Å². The second kappa shape index (κ2) is 6.60. The van der Waals surface area contributed by atoms with Crippen LogP contribution in [0.25, 0.3) is 0 Å². The Morgan fingerprint density at radius 3 is 2.35 bits per heavy atom. The van der Waals surface area contributed by atoms with Crippen molar-refractivity contribution in [2.75, 3.05) is 32.7 Å². The number of aliphatic carboxylic acids is 1. The lowest BCUT2D eigenvalue weighted by Crippen LogP contribution is -2.22. The molecule has 1 aromatic rings. The van der Waals surface area contributed by atoms with Gasteiger partial charge in [0.15, 0.2) is 11.5 Å². The third-order valence-electron chi connectivity index (χ3n) is 2.75. The molecule has 0 unspecified atom stereocenters. The first-order valence-electron chi connectivity index (χ1n) is 5.74.